The lowest BCUT2D eigenvalue weighted by Gasteiger charge is -2.25. The van der Waals surface area contributed by atoms with Crippen LogP contribution in [0.4, 0.5) is 4.39 Å². The zero-order valence-electron chi connectivity index (χ0n) is 8.06. The van der Waals surface area contributed by atoms with E-state index in [-0.39, 0.29) is 11.6 Å². The lowest BCUT2D eigenvalue weighted by Crippen LogP contribution is -2.33. The van der Waals surface area contributed by atoms with Gasteiger partial charge in [0.05, 0.1) is 0 Å². The van der Waals surface area contributed by atoms with E-state index in [9.17, 15) is 9.50 Å². The summed E-state index contributed by atoms with van der Waals surface area (Å²) in [5, 5.41) is 12.5. The fourth-order valence-electron chi connectivity index (χ4n) is 1.14. The summed E-state index contributed by atoms with van der Waals surface area (Å²) in [6.45, 7) is 3.75. The van der Waals surface area contributed by atoms with E-state index in [1.807, 2.05) is 13.8 Å². The molecule has 0 radical (unpaired) electrons. The van der Waals surface area contributed by atoms with Crippen LogP contribution in [0.1, 0.15) is 19.4 Å². The van der Waals surface area contributed by atoms with Crippen molar-refractivity contribution in [3.63, 3.8) is 0 Å². The Morgan fingerprint density at radius 1 is 1.38 bits per heavy atom. The predicted molar refractivity (Wildman–Crippen MR) is 50.2 cm³/mol. The highest BCUT2D eigenvalue weighted by Gasteiger charge is 2.21. The molecule has 0 amide bonds. The Hall–Kier alpha value is -1.09. The van der Waals surface area contributed by atoms with Gasteiger partial charge in [-0.1, -0.05) is 0 Å². The summed E-state index contributed by atoms with van der Waals surface area (Å²) in [7, 11) is 1.77. The molecule has 0 saturated carbocycles. The molecule has 2 nitrogen and oxygen atoms in total. The van der Waals surface area contributed by atoms with Crippen molar-refractivity contribution in [2.75, 3.05) is 7.05 Å². The maximum absolute atomic E-state index is 12.9. The quantitative estimate of drug-likeness (QED) is 0.734. The van der Waals surface area contributed by atoms with Crippen LogP contribution in [0.5, 0.6) is 5.75 Å². The molecule has 2 N–H and O–H groups in total. The Balaban J connectivity index is 3.20. The number of halogens is 1. The summed E-state index contributed by atoms with van der Waals surface area (Å²) < 4.78 is 12.9. The number of phenolic OH excluding ortho intramolecular Hbond substituents is 1. The van der Waals surface area contributed by atoms with Crippen LogP contribution in [0.2, 0.25) is 0 Å². The van der Waals surface area contributed by atoms with Gasteiger partial charge in [-0.15, -0.1) is 0 Å². The summed E-state index contributed by atoms with van der Waals surface area (Å²) in [4.78, 5) is 0. The van der Waals surface area contributed by atoms with Gasteiger partial charge < -0.3 is 10.4 Å². The molecule has 0 atom stereocenters. The van der Waals surface area contributed by atoms with Gasteiger partial charge in [-0.05, 0) is 39.1 Å². The van der Waals surface area contributed by atoms with Crippen LogP contribution in [0.15, 0.2) is 18.2 Å². The van der Waals surface area contributed by atoms with Crippen molar-refractivity contribution in [1.29, 1.82) is 0 Å². The molecule has 3 heteroatoms. The third kappa shape index (κ3) is 1.98. The number of aromatic hydroxyl groups is 1. The van der Waals surface area contributed by atoms with E-state index in [1.165, 1.54) is 18.2 Å². The molecule has 0 aliphatic rings. The largest absolute Gasteiger partial charge is 0.508 e. The van der Waals surface area contributed by atoms with Crippen molar-refractivity contribution >= 4 is 0 Å². The highest BCUT2D eigenvalue weighted by atomic mass is 19.1. The molecule has 0 saturated heterocycles. The molecule has 0 aromatic heterocycles. The van der Waals surface area contributed by atoms with Crippen LogP contribution >= 0.6 is 0 Å². The lowest BCUT2D eigenvalue weighted by molar-refractivity contribution is 0.398. The van der Waals surface area contributed by atoms with Gasteiger partial charge in [-0.3, -0.25) is 0 Å². The van der Waals surface area contributed by atoms with E-state index >= 15 is 0 Å². The zero-order valence-corrected chi connectivity index (χ0v) is 8.06. The molecule has 0 heterocycles. The molecule has 1 aromatic carbocycles. The highest BCUT2D eigenvalue weighted by molar-refractivity contribution is 5.37. The molecule has 0 spiro atoms. The van der Waals surface area contributed by atoms with E-state index < -0.39 is 5.54 Å². The first-order valence-corrected chi connectivity index (χ1v) is 4.15. The normalized spacial score (nSPS) is 11.7. The number of hydrogen-bond acceptors (Lipinski definition) is 2. The fourth-order valence-corrected chi connectivity index (χ4v) is 1.14. The summed E-state index contributed by atoms with van der Waals surface area (Å²) in [6.07, 6.45) is 0. The second kappa shape index (κ2) is 3.34. The molecule has 0 aliphatic carbocycles. The minimum absolute atomic E-state index is 0.112. The molecule has 13 heavy (non-hydrogen) atoms. The van der Waals surface area contributed by atoms with E-state index in [0.717, 1.165) is 0 Å². The van der Waals surface area contributed by atoms with Crippen LogP contribution in [0, 0.1) is 5.82 Å². The second-order valence-corrected chi connectivity index (χ2v) is 3.54. The average Bonchev–Trinajstić information content (AvgIpc) is 2.09. The first-order chi connectivity index (χ1) is 5.97. The topological polar surface area (TPSA) is 32.3 Å². The van der Waals surface area contributed by atoms with Gasteiger partial charge in [0.2, 0.25) is 0 Å². The Morgan fingerprint density at radius 3 is 2.54 bits per heavy atom. The maximum atomic E-state index is 12.9. The third-order valence-electron chi connectivity index (χ3n) is 2.26. The summed E-state index contributed by atoms with van der Waals surface area (Å²) in [5.41, 5.74) is 0.140. The third-order valence-corrected chi connectivity index (χ3v) is 2.26. The van der Waals surface area contributed by atoms with Gasteiger partial charge in [-0.2, -0.15) is 0 Å². The summed E-state index contributed by atoms with van der Waals surface area (Å²) in [5.74, 6) is -0.225. The van der Waals surface area contributed by atoms with E-state index in [0.29, 0.717) is 5.56 Å². The molecule has 0 aliphatic heterocycles. The number of hydrogen-bond donors (Lipinski definition) is 2. The van der Waals surface area contributed by atoms with Crippen LogP contribution in [0.3, 0.4) is 0 Å². The van der Waals surface area contributed by atoms with Crippen molar-refractivity contribution in [2.45, 2.75) is 19.4 Å². The van der Waals surface area contributed by atoms with Crippen LogP contribution < -0.4 is 5.32 Å². The zero-order chi connectivity index (χ0) is 10.1. The molecular weight excluding hydrogens is 169 g/mol. The van der Waals surface area contributed by atoms with Gasteiger partial charge in [-0.25, -0.2) is 4.39 Å². The van der Waals surface area contributed by atoms with Crippen LogP contribution in [-0.4, -0.2) is 12.2 Å². The molecule has 0 unspecified atom stereocenters. The summed E-state index contributed by atoms with van der Waals surface area (Å²) in [6, 6.07) is 3.94. The van der Waals surface area contributed by atoms with Crippen molar-refractivity contribution in [3.8, 4) is 5.75 Å². The Kier molecular flexibility index (Phi) is 2.57. The Morgan fingerprint density at radius 2 is 2.00 bits per heavy atom. The lowest BCUT2D eigenvalue weighted by atomic mass is 9.93. The molecule has 1 rings (SSSR count). The van der Waals surface area contributed by atoms with Crippen molar-refractivity contribution in [1.82, 2.24) is 5.32 Å². The Bertz CT molecular complexity index is 310. The van der Waals surface area contributed by atoms with Gasteiger partial charge in [0.15, 0.2) is 0 Å². The molecule has 1 aromatic rings. The van der Waals surface area contributed by atoms with Crippen LogP contribution in [-0.2, 0) is 5.54 Å². The fraction of sp³-hybridized carbons (Fsp3) is 0.400. The first-order valence-electron chi connectivity index (χ1n) is 4.15. The van der Waals surface area contributed by atoms with Crippen LogP contribution in [0.25, 0.3) is 0 Å². The number of benzene rings is 1. The van der Waals surface area contributed by atoms with E-state index in [1.54, 1.807) is 7.05 Å². The second-order valence-electron chi connectivity index (χ2n) is 3.54. The van der Waals surface area contributed by atoms with Gasteiger partial charge >= 0.3 is 0 Å². The smallest absolute Gasteiger partial charge is 0.123 e. The minimum atomic E-state index is -0.424. The number of rotatable bonds is 2. The molecule has 0 fully saturated rings. The molecule has 0 bridgehead atoms. The SMILES string of the molecule is CNC(C)(C)c1cc(F)ccc1O. The molecule has 72 valence electrons. The van der Waals surface area contributed by atoms with Crippen molar-refractivity contribution in [3.05, 3.63) is 29.6 Å². The van der Waals surface area contributed by atoms with Crippen molar-refractivity contribution in [2.24, 2.45) is 0 Å². The molecular formula is C10H14FNO. The van der Waals surface area contributed by atoms with E-state index in [2.05, 4.69) is 5.32 Å². The van der Waals surface area contributed by atoms with E-state index in [4.69, 9.17) is 0 Å². The maximum Gasteiger partial charge on any atom is 0.123 e. The van der Waals surface area contributed by atoms with Gasteiger partial charge in [0.25, 0.3) is 0 Å². The first kappa shape index (κ1) is 9.99. The van der Waals surface area contributed by atoms with Crippen molar-refractivity contribution < 1.29 is 9.50 Å². The monoisotopic (exact) mass is 183 g/mol. The minimum Gasteiger partial charge on any atom is -0.508 e. The number of phenols is 1. The average molecular weight is 183 g/mol. The van der Waals surface area contributed by atoms with Gasteiger partial charge in [0.1, 0.15) is 11.6 Å². The standard InChI is InChI=1S/C10H14FNO/c1-10(2,12-3)8-6-7(11)4-5-9(8)13/h4-6,12-13H,1-3H3. The number of nitrogens with one attached hydrogen (secondary N) is 1. The predicted octanol–water partition coefficient (Wildman–Crippen LogP) is 1.99. The Labute approximate surface area is 77.4 Å². The van der Waals surface area contributed by atoms with Gasteiger partial charge in [0, 0.05) is 11.1 Å². The summed E-state index contributed by atoms with van der Waals surface area (Å²) >= 11 is 0. The highest BCUT2D eigenvalue weighted by Crippen LogP contribution is 2.28.